The van der Waals surface area contributed by atoms with Crippen LogP contribution < -0.4 is 19.1 Å². The largest absolute Gasteiger partial charge is 0.497 e. The number of halogens is 1. The van der Waals surface area contributed by atoms with E-state index in [1.54, 1.807) is 21.3 Å². The zero-order valence-corrected chi connectivity index (χ0v) is 23.7. The van der Waals surface area contributed by atoms with Crippen LogP contribution in [0.3, 0.4) is 0 Å². The molecule has 37 heavy (non-hydrogen) atoms. The Bertz CT molecular complexity index is 1230. The molecule has 0 N–H and O–H groups in total. The minimum Gasteiger partial charge on any atom is -0.497 e. The summed E-state index contributed by atoms with van der Waals surface area (Å²) in [4.78, 5) is 15.7. The fourth-order valence-electron chi connectivity index (χ4n) is 4.47. The van der Waals surface area contributed by atoms with E-state index in [0.29, 0.717) is 35.2 Å². The highest BCUT2D eigenvalue weighted by atomic mass is 35.5. The second-order valence-electron chi connectivity index (χ2n) is 9.52. The Hall–Kier alpha value is -3.18. The number of amides is 1. The zero-order valence-electron chi connectivity index (χ0n) is 22.9. The van der Waals surface area contributed by atoms with Crippen LogP contribution in [0.15, 0.2) is 54.6 Å². The first kappa shape index (κ1) is 28.4. The Labute approximate surface area is 226 Å². The van der Waals surface area contributed by atoms with Crippen LogP contribution in [0.5, 0.6) is 17.2 Å². The third-order valence-electron chi connectivity index (χ3n) is 6.96. The lowest BCUT2D eigenvalue weighted by Crippen LogP contribution is -2.32. The van der Waals surface area contributed by atoms with E-state index in [1.165, 1.54) is 0 Å². The Kier molecular flexibility index (Phi) is 9.87. The van der Waals surface area contributed by atoms with Crippen molar-refractivity contribution in [2.45, 2.75) is 53.0 Å². The van der Waals surface area contributed by atoms with Crippen LogP contribution in [0.25, 0.3) is 0 Å². The molecule has 6 heteroatoms. The Morgan fingerprint density at radius 2 is 1.65 bits per heavy atom. The molecule has 5 nitrogen and oxygen atoms in total. The minimum atomic E-state index is -0.0749. The van der Waals surface area contributed by atoms with Gasteiger partial charge in [-0.2, -0.15) is 0 Å². The molecule has 0 radical (unpaired) electrons. The van der Waals surface area contributed by atoms with Gasteiger partial charge in [0.2, 0.25) is 5.91 Å². The monoisotopic (exact) mass is 523 g/mol. The molecule has 0 saturated heterocycles. The van der Waals surface area contributed by atoms with Crippen LogP contribution in [0.1, 0.15) is 61.8 Å². The fourth-order valence-corrected chi connectivity index (χ4v) is 4.83. The number of carbonyl (C=O) groups excluding carboxylic acids is 1. The van der Waals surface area contributed by atoms with E-state index in [4.69, 9.17) is 25.8 Å². The maximum atomic E-state index is 13.8. The number of hydrogen-bond acceptors (Lipinski definition) is 4. The number of aryl methyl sites for hydroxylation is 1. The van der Waals surface area contributed by atoms with Gasteiger partial charge in [0.05, 0.1) is 32.9 Å². The van der Waals surface area contributed by atoms with Crippen molar-refractivity contribution in [3.05, 3.63) is 81.9 Å². The summed E-state index contributed by atoms with van der Waals surface area (Å²) in [6, 6.07) is 17.7. The molecule has 2 atom stereocenters. The maximum Gasteiger partial charge on any atom is 0.227 e. The van der Waals surface area contributed by atoms with Crippen molar-refractivity contribution in [3.63, 3.8) is 0 Å². The predicted molar refractivity (Wildman–Crippen MR) is 152 cm³/mol. The molecule has 1 unspecified atom stereocenters. The molecule has 1 amide bonds. The Balaban J connectivity index is 2.14. The van der Waals surface area contributed by atoms with Crippen LogP contribution in [-0.4, -0.2) is 27.2 Å². The van der Waals surface area contributed by atoms with Gasteiger partial charge in [0, 0.05) is 29.7 Å². The first-order valence-electron chi connectivity index (χ1n) is 12.7. The quantitative estimate of drug-likeness (QED) is 0.257. The van der Waals surface area contributed by atoms with Crippen LogP contribution in [-0.2, 0) is 11.3 Å². The number of benzene rings is 3. The molecule has 0 aliphatic heterocycles. The van der Waals surface area contributed by atoms with E-state index >= 15 is 0 Å². The van der Waals surface area contributed by atoms with Crippen molar-refractivity contribution in [2.75, 3.05) is 26.2 Å². The molecule has 0 aromatic heterocycles. The second kappa shape index (κ2) is 12.9. The molecular formula is C31H38ClNO4. The van der Waals surface area contributed by atoms with Crippen molar-refractivity contribution in [1.82, 2.24) is 0 Å². The summed E-state index contributed by atoms with van der Waals surface area (Å²) in [6.45, 7) is 8.77. The van der Waals surface area contributed by atoms with Crippen molar-refractivity contribution >= 4 is 23.2 Å². The number of anilines is 1. The summed E-state index contributed by atoms with van der Waals surface area (Å²) >= 11 is 6.74. The average molecular weight is 524 g/mol. The van der Waals surface area contributed by atoms with Gasteiger partial charge in [-0.25, -0.2) is 0 Å². The molecule has 3 rings (SSSR count). The number of nitrogens with zero attached hydrogens (tertiary/aromatic N) is 1. The number of methoxy groups -OCH3 is 3. The van der Waals surface area contributed by atoms with Crippen LogP contribution in [0.4, 0.5) is 5.69 Å². The molecular weight excluding hydrogens is 486 g/mol. The Morgan fingerprint density at radius 1 is 0.919 bits per heavy atom. The summed E-state index contributed by atoms with van der Waals surface area (Å²) < 4.78 is 16.5. The van der Waals surface area contributed by atoms with Crippen LogP contribution in [0.2, 0.25) is 5.02 Å². The number of carbonyl (C=O) groups is 1. The predicted octanol–water partition coefficient (Wildman–Crippen LogP) is 7.80. The average Bonchev–Trinajstić information content (AvgIpc) is 2.91. The molecule has 0 heterocycles. The van der Waals surface area contributed by atoms with E-state index < -0.39 is 0 Å². The van der Waals surface area contributed by atoms with Gasteiger partial charge in [0.1, 0.15) is 17.2 Å². The summed E-state index contributed by atoms with van der Waals surface area (Å²) in [7, 11) is 4.87. The number of ether oxygens (including phenoxy) is 3. The van der Waals surface area contributed by atoms with E-state index in [2.05, 4.69) is 33.8 Å². The molecule has 3 aromatic rings. The molecule has 3 aromatic carbocycles. The lowest BCUT2D eigenvalue weighted by atomic mass is 9.89. The highest BCUT2D eigenvalue weighted by Crippen LogP contribution is 2.40. The minimum absolute atomic E-state index is 0.0706. The molecule has 0 aliphatic carbocycles. The number of rotatable bonds is 11. The molecule has 0 saturated carbocycles. The number of hydrogen-bond donors (Lipinski definition) is 0. The Morgan fingerprint density at radius 3 is 2.30 bits per heavy atom. The smallest absolute Gasteiger partial charge is 0.227 e. The van der Waals surface area contributed by atoms with E-state index in [0.717, 1.165) is 34.4 Å². The van der Waals surface area contributed by atoms with Gasteiger partial charge in [0.15, 0.2) is 0 Å². The van der Waals surface area contributed by atoms with Gasteiger partial charge >= 0.3 is 0 Å². The first-order chi connectivity index (χ1) is 17.7. The van der Waals surface area contributed by atoms with E-state index in [-0.39, 0.29) is 17.7 Å². The standard InChI is InChI=1S/C31H38ClNO4/c1-8-20(2)17-30(34)33(19-23-13-14-24(35-5)18-29(23)37-7)27-15-12-21(3)16-26(27)22(4)25-10-9-11-28(36-6)31(25)32/h9-16,18,20,22H,8,17,19H2,1-7H3/t20?,22-/m1/s1. The van der Waals surface area contributed by atoms with Crippen LogP contribution >= 0.6 is 11.6 Å². The lowest BCUT2D eigenvalue weighted by Gasteiger charge is -2.30. The zero-order chi connectivity index (χ0) is 27.1. The van der Waals surface area contributed by atoms with E-state index in [9.17, 15) is 4.79 Å². The second-order valence-corrected chi connectivity index (χ2v) is 9.90. The summed E-state index contributed by atoms with van der Waals surface area (Å²) in [5.41, 5.74) is 4.85. The van der Waals surface area contributed by atoms with Gasteiger partial charge in [-0.3, -0.25) is 4.79 Å². The van der Waals surface area contributed by atoms with Gasteiger partial charge in [-0.15, -0.1) is 0 Å². The fraction of sp³-hybridized carbons (Fsp3) is 0.387. The highest BCUT2D eigenvalue weighted by molar-refractivity contribution is 6.33. The highest BCUT2D eigenvalue weighted by Gasteiger charge is 2.26. The first-order valence-corrected chi connectivity index (χ1v) is 13.1. The van der Waals surface area contributed by atoms with Gasteiger partial charge < -0.3 is 19.1 Å². The van der Waals surface area contributed by atoms with Crippen molar-refractivity contribution in [2.24, 2.45) is 5.92 Å². The van der Waals surface area contributed by atoms with Crippen molar-refractivity contribution < 1.29 is 19.0 Å². The van der Waals surface area contributed by atoms with Gasteiger partial charge in [-0.05, 0) is 48.2 Å². The lowest BCUT2D eigenvalue weighted by molar-refractivity contribution is -0.119. The SMILES string of the molecule is CCC(C)CC(=O)N(Cc1ccc(OC)cc1OC)c1ccc(C)cc1[C@H](C)c1cccc(OC)c1Cl. The van der Waals surface area contributed by atoms with Crippen LogP contribution in [0, 0.1) is 12.8 Å². The molecule has 0 spiro atoms. The maximum absolute atomic E-state index is 13.8. The normalized spacial score (nSPS) is 12.5. The summed E-state index contributed by atoms with van der Waals surface area (Å²) in [5, 5.41) is 0.583. The van der Waals surface area contributed by atoms with Crippen molar-refractivity contribution in [1.29, 1.82) is 0 Å². The third kappa shape index (κ3) is 6.58. The van der Waals surface area contributed by atoms with E-state index in [1.807, 2.05) is 53.4 Å². The topological polar surface area (TPSA) is 48.0 Å². The molecule has 0 aliphatic rings. The third-order valence-corrected chi connectivity index (χ3v) is 7.37. The summed E-state index contributed by atoms with van der Waals surface area (Å²) in [5.74, 6) is 2.28. The molecule has 198 valence electrons. The summed E-state index contributed by atoms with van der Waals surface area (Å²) in [6.07, 6.45) is 1.39. The molecule has 0 fully saturated rings. The van der Waals surface area contributed by atoms with Gasteiger partial charge in [0.25, 0.3) is 0 Å². The molecule has 0 bridgehead atoms. The van der Waals surface area contributed by atoms with Crippen molar-refractivity contribution in [3.8, 4) is 17.2 Å². The van der Waals surface area contributed by atoms with Gasteiger partial charge in [-0.1, -0.05) is 68.6 Å².